The smallest absolute Gasteiger partial charge is 0.0468 e. The first-order valence-corrected chi connectivity index (χ1v) is 20.6. The molecular formula is C58H40N2. The van der Waals surface area contributed by atoms with E-state index in [9.17, 15) is 0 Å². The zero-order valence-corrected chi connectivity index (χ0v) is 33.0. The number of para-hydroxylation sites is 1. The van der Waals surface area contributed by atoms with E-state index in [4.69, 9.17) is 0 Å². The SMILES string of the molecule is c1ccc(-c2c3ccccc3c(-c3ccc(N(c4ccccc4)c4ccc(N(c5ccc6ccccc6c5)c5ccc6ccccc6c5)cc4)cc3)c3ccccc23)cc1. The van der Waals surface area contributed by atoms with Crippen LogP contribution in [0.4, 0.5) is 34.1 Å². The molecule has 0 aromatic heterocycles. The summed E-state index contributed by atoms with van der Waals surface area (Å²) in [5.74, 6) is 0. The highest BCUT2D eigenvalue weighted by atomic mass is 15.2. The highest BCUT2D eigenvalue weighted by Crippen LogP contribution is 2.45. The van der Waals surface area contributed by atoms with Crippen LogP contribution in [0.1, 0.15) is 0 Å². The zero-order valence-electron chi connectivity index (χ0n) is 33.0. The van der Waals surface area contributed by atoms with Gasteiger partial charge in [-0.25, -0.2) is 0 Å². The molecule has 0 unspecified atom stereocenters. The van der Waals surface area contributed by atoms with Crippen molar-refractivity contribution in [1.29, 1.82) is 0 Å². The number of fused-ring (bicyclic) bond motifs is 4. The molecule has 60 heavy (non-hydrogen) atoms. The van der Waals surface area contributed by atoms with Gasteiger partial charge >= 0.3 is 0 Å². The summed E-state index contributed by atoms with van der Waals surface area (Å²) in [6, 6.07) is 87.9. The Hall–Kier alpha value is -7.94. The van der Waals surface area contributed by atoms with E-state index in [1.807, 2.05) is 0 Å². The Balaban J connectivity index is 1.01. The molecule has 0 atom stereocenters. The molecule has 0 saturated carbocycles. The topological polar surface area (TPSA) is 6.48 Å². The van der Waals surface area contributed by atoms with Crippen LogP contribution in [0.5, 0.6) is 0 Å². The van der Waals surface area contributed by atoms with E-state index in [0.29, 0.717) is 0 Å². The maximum absolute atomic E-state index is 2.36. The van der Waals surface area contributed by atoms with Crippen LogP contribution in [0, 0.1) is 0 Å². The predicted molar refractivity (Wildman–Crippen MR) is 257 cm³/mol. The molecule has 0 radical (unpaired) electrons. The fraction of sp³-hybridized carbons (Fsp3) is 0. The molecule has 0 spiro atoms. The fourth-order valence-electron chi connectivity index (χ4n) is 8.99. The molecule has 11 rings (SSSR count). The maximum atomic E-state index is 2.36. The Morgan fingerprint density at radius 3 is 0.950 bits per heavy atom. The minimum Gasteiger partial charge on any atom is -0.311 e. The third kappa shape index (κ3) is 6.32. The van der Waals surface area contributed by atoms with Gasteiger partial charge in [0.15, 0.2) is 0 Å². The summed E-state index contributed by atoms with van der Waals surface area (Å²) in [6.45, 7) is 0. The number of hydrogen-bond acceptors (Lipinski definition) is 2. The van der Waals surface area contributed by atoms with Gasteiger partial charge in [-0.2, -0.15) is 0 Å². The molecule has 0 amide bonds. The van der Waals surface area contributed by atoms with E-state index in [1.165, 1.54) is 65.3 Å². The normalized spacial score (nSPS) is 11.3. The van der Waals surface area contributed by atoms with Gasteiger partial charge in [-0.15, -0.1) is 0 Å². The number of nitrogens with zero attached hydrogens (tertiary/aromatic N) is 2. The molecule has 0 fully saturated rings. The molecule has 2 nitrogen and oxygen atoms in total. The van der Waals surface area contributed by atoms with Gasteiger partial charge < -0.3 is 9.80 Å². The predicted octanol–water partition coefficient (Wildman–Crippen LogP) is 16.6. The Labute approximate surface area is 350 Å². The molecule has 11 aromatic carbocycles. The van der Waals surface area contributed by atoms with Crippen molar-refractivity contribution in [2.24, 2.45) is 0 Å². The molecule has 0 saturated heterocycles. The second-order valence-electron chi connectivity index (χ2n) is 15.3. The van der Waals surface area contributed by atoms with E-state index in [2.05, 4.69) is 252 Å². The fourth-order valence-corrected chi connectivity index (χ4v) is 8.99. The Kier molecular flexibility index (Phi) is 8.87. The summed E-state index contributed by atoms with van der Waals surface area (Å²) in [6.07, 6.45) is 0. The lowest BCUT2D eigenvalue weighted by Crippen LogP contribution is -2.12. The van der Waals surface area contributed by atoms with Crippen molar-refractivity contribution >= 4 is 77.2 Å². The summed E-state index contributed by atoms with van der Waals surface area (Å²) in [5, 5.41) is 9.90. The molecule has 11 aromatic rings. The van der Waals surface area contributed by atoms with Crippen molar-refractivity contribution in [1.82, 2.24) is 0 Å². The third-order valence-electron chi connectivity index (χ3n) is 11.8. The number of benzene rings is 11. The number of hydrogen-bond donors (Lipinski definition) is 0. The van der Waals surface area contributed by atoms with Crippen LogP contribution in [0.3, 0.4) is 0 Å². The number of anilines is 6. The lowest BCUT2D eigenvalue weighted by atomic mass is 9.86. The van der Waals surface area contributed by atoms with E-state index >= 15 is 0 Å². The quantitative estimate of drug-likeness (QED) is 0.142. The van der Waals surface area contributed by atoms with Crippen LogP contribution in [0.25, 0.3) is 65.3 Å². The largest absolute Gasteiger partial charge is 0.311 e. The van der Waals surface area contributed by atoms with Crippen LogP contribution in [0.15, 0.2) is 243 Å². The Morgan fingerprint density at radius 2 is 0.500 bits per heavy atom. The van der Waals surface area contributed by atoms with Gasteiger partial charge in [0.1, 0.15) is 0 Å². The van der Waals surface area contributed by atoms with Crippen LogP contribution < -0.4 is 9.80 Å². The van der Waals surface area contributed by atoms with Gasteiger partial charge in [0, 0.05) is 34.1 Å². The molecule has 282 valence electrons. The first-order chi connectivity index (χ1) is 29.8. The van der Waals surface area contributed by atoms with E-state index in [1.54, 1.807) is 0 Å². The summed E-state index contributed by atoms with van der Waals surface area (Å²) in [5.41, 5.74) is 11.5. The highest BCUT2D eigenvalue weighted by Gasteiger charge is 2.19. The molecule has 0 aliphatic rings. The van der Waals surface area contributed by atoms with Crippen LogP contribution in [-0.2, 0) is 0 Å². The van der Waals surface area contributed by atoms with Crippen molar-refractivity contribution in [3.05, 3.63) is 243 Å². The monoisotopic (exact) mass is 764 g/mol. The van der Waals surface area contributed by atoms with Gasteiger partial charge in [-0.3, -0.25) is 0 Å². The van der Waals surface area contributed by atoms with Gasteiger partial charge in [0.2, 0.25) is 0 Å². The first kappa shape index (κ1) is 35.2. The highest BCUT2D eigenvalue weighted by molar-refractivity contribution is 6.21. The average Bonchev–Trinajstić information content (AvgIpc) is 3.32. The number of rotatable bonds is 8. The van der Waals surface area contributed by atoms with E-state index < -0.39 is 0 Å². The summed E-state index contributed by atoms with van der Waals surface area (Å²) in [7, 11) is 0. The lowest BCUT2D eigenvalue weighted by molar-refractivity contribution is 1.26. The average molecular weight is 765 g/mol. The van der Waals surface area contributed by atoms with Crippen molar-refractivity contribution in [2.45, 2.75) is 0 Å². The first-order valence-electron chi connectivity index (χ1n) is 20.6. The molecule has 0 N–H and O–H groups in total. The van der Waals surface area contributed by atoms with Crippen LogP contribution in [-0.4, -0.2) is 0 Å². The minimum absolute atomic E-state index is 1.08. The minimum atomic E-state index is 1.08. The second kappa shape index (κ2) is 15.1. The van der Waals surface area contributed by atoms with Crippen molar-refractivity contribution in [3.63, 3.8) is 0 Å². The van der Waals surface area contributed by atoms with Crippen molar-refractivity contribution in [3.8, 4) is 22.3 Å². The molecule has 2 heteroatoms. The maximum Gasteiger partial charge on any atom is 0.0468 e. The molecule has 0 aliphatic carbocycles. The third-order valence-corrected chi connectivity index (χ3v) is 11.8. The van der Waals surface area contributed by atoms with Gasteiger partial charge in [-0.05, 0) is 138 Å². The molecule has 0 bridgehead atoms. The molecular weight excluding hydrogens is 725 g/mol. The summed E-state index contributed by atoms with van der Waals surface area (Å²) < 4.78 is 0. The van der Waals surface area contributed by atoms with E-state index in [-0.39, 0.29) is 0 Å². The van der Waals surface area contributed by atoms with Crippen molar-refractivity contribution in [2.75, 3.05) is 9.80 Å². The standard InChI is InChI=1S/C58H40N2/c1-3-17-43(18-4-1)57-53-23-11-13-25-55(53)58(56-26-14-12-24-54(56)57)44-29-31-48(32-30-44)59(47-21-5-2-6-22-47)49-35-37-50(38-36-49)60(51-33-27-41-15-7-9-19-45(41)39-51)52-34-28-42-16-8-10-20-46(42)40-52/h1-40H. The Morgan fingerprint density at radius 1 is 0.200 bits per heavy atom. The van der Waals surface area contributed by atoms with Crippen LogP contribution >= 0.6 is 0 Å². The summed E-state index contributed by atoms with van der Waals surface area (Å²) in [4.78, 5) is 4.71. The lowest BCUT2D eigenvalue weighted by Gasteiger charge is -2.29. The van der Waals surface area contributed by atoms with Crippen LogP contribution in [0.2, 0.25) is 0 Å². The van der Waals surface area contributed by atoms with Gasteiger partial charge in [-0.1, -0.05) is 170 Å². The van der Waals surface area contributed by atoms with Crippen molar-refractivity contribution < 1.29 is 0 Å². The van der Waals surface area contributed by atoms with Gasteiger partial charge in [0.25, 0.3) is 0 Å². The summed E-state index contributed by atoms with van der Waals surface area (Å²) >= 11 is 0. The van der Waals surface area contributed by atoms with E-state index in [0.717, 1.165) is 34.1 Å². The second-order valence-corrected chi connectivity index (χ2v) is 15.3. The van der Waals surface area contributed by atoms with Gasteiger partial charge in [0.05, 0.1) is 0 Å². The molecule has 0 heterocycles. The zero-order chi connectivity index (χ0) is 39.8. The Bertz CT molecular complexity index is 3160. The molecule has 0 aliphatic heterocycles.